The fourth-order valence-corrected chi connectivity index (χ4v) is 3.43. The molecule has 0 aliphatic heterocycles. The summed E-state index contributed by atoms with van der Waals surface area (Å²) < 4.78 is 18.6. The summed E-state index contributed by atoms with van der Waals surface area (Å²) in [4.78, 5) is 12.4. The fraction of sp³-hybridized carbons (Fsp3) is 0.588. The molecule has 0 bridgehead atoms. The smallest absolute Gasteiger partial charge is 0.331 e. The van der Waals surface area contributed by atoms with E-state index in [9.17, 15) is 9.18 Å². The van der Waals surface area contributed by atoms with Crippen LogP contribution >= 0.6 is 0 Å². The molecule has 0 aromatic heterocycles. The Morgan fingerprint density at radius 2 is 2.10 bits per heavy atom. The minimum absolute atomic E-state index is 0.136. The summed E-state index contributed by atoms with van der Waals surface area (Å²) in [7, 11) is 1.41. The van der Waals surface area contributed by atoms with E-state index in [0.29, 0.717) is 18.0 Å². The van der Waals surface area contributed by atoms with Gasteiger partial charge in [-0.1, -0.05) is 13.8 Å². The predicted octanol–water partition coefficient (Wildman–Crippen LogP) is 3.91. The van der Waals surface area contributed by atoms with Crippen LogP contribution < -0.4 is 5.32 Å². The zero-order valence-corrected chi connectivity index (χ0v) is 13.2. The Balaban J connectivity index is 2.34. The van der Waals surface area contributed by atoms with Gasteiger partial charge in [-0.25, -0.2) is 9.18 Å². The highest BCUT2D eigenvalue weighted by molar-refractivity contribution is 5.85. The standard InChI is InChI=1S/C17H24FNO2/c1-11-5-6-17(13(3)7-11,16(20)21-4)19-15-9-12(2)8-14(18)10-15/h8-11,13,19H,5-7H2,1-4H3. The molecular formula is C17H24FNO2. The quantitative estimate of drug-likeness (QED) is 0.859. The van der Waals surface area contributed by atoms with E-state index in [1.807, 2.05) is 13.0 Å². The molecule has 116 valence electrons. The SMILES string of the molecule is COC(=O)C1(Nc2cc(C)cc(F)c2)CCC(C)CC1C. The van der Waals surface area contributed by atoms with E-state index in [-0.39, 0.29) is 17.7 Å². The normalized spacial score (nSPS) is 29.0. The molecule has 3 atom stereocenters. The first-order chi connectivity index (χ1) is 9.87. The number of ether oxygens (including phenoxy) is 1. The maximum atomic E-state index is 13.6. The molecule has 2 rings (SSSR count). The number of anilines is 1. The zero-order valence-electron chi connectivity index (χ0n) is 13.2. The van der Waals surface area contributed by atoms with Gasteiger partial charge in [0.05, 0.1) is 7.11 Å². The van der Waals surface area contributed by atoms with E-state index >= 15 is 0 Å². The summed E-state index contributed by atoms with van der Waals surface area (Å²) in [6.07, 6.45) is 2.62. The third-order valence-corrected chi connectivity index (χ3v) is 4.59. The second-order valence-corrected chi connectivity index (χ2v) is 6.39. The lowest BCUT2D eigenvalue weighted by Crippen LogP contribution is -2.55. The second-order valence-electron chi connectivity index (χ2n) is 6.39. The van der Waals surface area contributed by atoms with Gasteiger partial charge in [0.15, 0.2) is 0 Å². The summed E-state index contributed by atoms with van der Waals surface area (Å²) in [6.45, 7) is 6.10. The average molecular weight is 293 g/mol. The highest BCUT2D eigenvalue weighted by Crippen LogP contribution is 2.40. The van der Waals surface area contributed by atoms with Gasteiger partial charge >= 0.3 is 5.97 Å². The van der Waals surface area contributed by atoms with E-state index in [2.05, 4.69) is 19.2 Å². The number of hydrogen-bond donors (Lipinski definition) is 1. The van der Waals surface area contributed by atoms with Crippen molar-refractivity contribution in [2.75, 3.05) is 12.4 Å². The van der Waals surface area contributed by atoms with Crippen molar-refractivity contribution >= 4 is 11.7 Å². The van der Waals surface area contributed by atoms with Crippen LogP contribution in [0.15, 0.2) is 18.2 Å². The van der Waals surface area contributed by atoms with Crippen LogP contribution in [0.25, 0.3) is 0 Å². The number of hydrogen-bond acceptors (Lipinski definition) is 3. The lowest BCUT2D eigenvalue weighted by atomic mass is 9.69. The summed E-state index contributed by atoms with van der Waals surface area (Å²) in [5.74, 6) is 0.171. The number of carbonyl (C=O) groups excluding carboxylic acids is 1. The van der Waals surface area contributed by atoms with Gasteiger partial charge in [0.2, 0.25) is 0 Å². The first-order valence-corrected chi connectivity index (χ1v) is 7.51. The molecule has 0 spiro atoms. The molecule has 0 radical (unpaired) electrons. The third kappa shape index (κ3) is 3.20. The molecule has 0 heterocycles. The van der Waals surface area contributed by atoms with Gasteiger partial charge in [0, 0.05) is 5.69 Å². The van der Waals surface area contributed by atoms with Gasteiger partial charge in [-0.3, -0.25) is 0 Å². The van der Waals surface area contributed by atoms with Crippen LogP contribution in [0.4, 0.5) is 10.1 Å². The lowest BCUT2D eigenvalue weighted by molar-refractivity contribution is -0.149. The molecule has 1 aromatic rings. The Labute approximate surface area is 125 Å². The Kier molecular flexibility index (Phi) is 4.55. The van der Waals surface area contributed by atoms with E-state index in [1.54, 1.807) is 0 Å². The molecular weight excluding hydrogens is 269 g/mol. The number of methoxy groups -OCH3 is 1. The number of halogens is 1. The molecule has 1 aliphatic rings. The molecule has 1 fully saturated rings. The molecule has 4 heteroatoms. The fourth-order valence-electron chi connectivity index (χ4n) is 3.43. The van der Waals surface area contributed by atoms with Gasteiger partial charge < -0.3 is 10.1 Å². The van der Waals surface area contributed by atoms with E-state index in [4.69, 9.17) is 4.74 Å². The number of rotatable bonds is 3. The lowest BCUT2D eigenvalue weighted by Gasteiger charge is -2.43. The minimum Gasteiger partial charge on any atom is -0.467 e. The third-order valence-electron chi connectivity index (χ3n) is 4.59. The molecule has 3 nitrogen and oxygen atoms in total. The van der Waals surface area contributed by atoms with Gasteiger partial charge in [-0.2, -0.15) is 0 Å². The monoisotopic (exact) mass is 293 g/mol. The summed E-state index contributed by atoms with van der Waals surface area (Å²) in [6, 6.07) is 4.77. The molecule has 1 aromatic carbocycles. The number of aryl methyl sites for hydroxylation is 1. The van der Waals surface area contributed by atoms with Crippen LogP contribution in [0.3, 0.4) is 0 Å². The Bertz CT molecular complexity index is 511. The van der Waals surface area contributed by atoms with Crippen molar-refractivity contribution in [2.45, 2.75) is 45.6 Å². The van der Waals surface area contributed by atoms with Crippen LogP contribution in [0, 0.1) is 24.6 Å². The molecule has 0 amide bonds. The molecule has 21 heavy (non-hydrogen) atoms. The predicted molar refractivity (Wildman–Crippen MR) is 81.7 cm³/mol. The second kappa shape index (κ2) is 6.04. The van der Waals surface area contributed by atoms with Crippen LogP contribution in [0.1, 0.15) is 38.7 Å². The number of carbonyl (C=O) groups is 1. The molecule has 1 N–H and O–H groups in total. The van der Waals surface area contributed by atoms with E-state index in [0.717, 1.165) is 18.4 Å². The van der Waals surface area contributed by atoms with Crippen molar-refractivity contribution < 1.29 is 13.9 Å². The summed E-state index contributed by atoms with van der Waals surface area (Å²) >= 11 is 0. The number of esters is 1. The van der Waals surface area contributed by atoms with Gasteiger partial charge in [-0.05, 0) is 61.8 Å². The highest BCUT2D eigenvalue weighted by Gasteiger charge is 2.47. The topological polar surface area (TPSA) is 38.3 Å². The van der Waals surface area contributed by atoms with Crippen molar-refractivity contribution in [3.63, 3.8) is 0 Å². The first-order valence-electron chi connectivity index (χ1n) is 7.51. The molecule has 1 aliphatic carbocycles. The molecule has 3 unspecified atom stereocenters. The largest absolute Gasteiger partial charge is 0.467 e. The Morgan fingerprint density at radius 1 is 1.38 bits per heavy atom. The van der Waals surface area contributed by atoms with Gasteiger partial charge in [0.25, 0.3) is 0 Å². The van der Waals surface area contributed by atoms with Crippen molar-refractivity contribution in [1.29, 1.82) is 0 Å². The maximum Gasteiger partial charge on any atom is 0.331 e. The van der Waals surface area contributed by atoms with E-state index < -0.39 is 5.54 Å². The van der Waals surface area contributed by atoms with Crippen molar-refractivity contribution in [3.05, 3.63) is 29.6 Å². The van der Waals surface area contributed by atoms with Gasteiger partial charge in [0.1, 0.15) is 11.4 Å². The van der Waals surface area contributed by atoms with Crippen molar-refractivity contribution in [3.8, 4) is 0 Å². The van der Waals surface area contributed by atoms with Crippen LogP contribution in [0.2, 0.25) is 0 Å². The highest BCUT2D eigenvalue weighted by atomic mass is 19.1. The number of benzene rings is 1. The van der Waals surface area contributed by atoms with Crippen LogP contribution in [0.5, 0.6) is 0 Å². The summed E-state index contributed by atoms with van der Waals surface area (Å²) in [5, 5.41) is 3.28. The minimum atomic E-state index is -0.762. The number of nitrogens with one attached hydrogen (secondary N) is 1. The Morgan fingerprint density at radius 3 is 2.67 bits per heavy atom. The zero-order chi connectivity index (χ0) is 15.6. The Hall–Kier alpha value is -1.58. The van der Waals surface area contributed by atoms with E-state index in [1.165, 1.54) is 19.2 Å². The molecule has 1 saturated carbocycles. The average Bonchev–Trinajstić information content (AvgIpc) is 2.40. The van der Waals surface area contributed by atoms with Crippen molar-refractivity contribution in [1.82, 2.24) is 0 Å². The molecule has 0 saturated heterocycles. The van der Waals surface area contributed by atoms with Gasteiger partial charge in [-0.15, -0.1) is 0 Å². The summed E-state index contributed by atoms with van der Waals surface area (Å²) in [5.41, 5.74) is 0.704. The van der Waals surface area contributed by atoms with Crippen LogP contribution in [-0.2, 0) is 9.53 Å². The van der Waals surface area contributed by atoms with Crippen LogP contribution in [-0.4, -0.2) is 18.6 Å². The first kappa shape index (κ1) is 15.8. The maximum absolute atomic E-state index is 13.6. The van der Waals surface area contributed by atoms with Crippen molar-refractivity contribution in [2.24, 2.45) is 11.8 Å².